The first-order chi connectivity index (χ1) is 8.74. The Morgan fingerprint density at radius 2 is 2.33 bits per heavy atom. The fraction of sp³-hybridized carbons (Fsp3) is 0.615. The predicted octanol–water partition coefficient (Wildman–Crippen LogP) is 2.31. The van der Waals surface area contributed by atoms with Crippen LogP contribution in [0.5, 0.6) is 0 Å². The van der Waals surface area contributed by atoms with Gasteiger partial charge in [-0.25, -0.2) is 0 Å². The second kappa shape index (κ2) is 4.94. The van der Waals surface area contributed by atoms with E-state index in [0.29, 0.717) is 22.7 Å². The normalized spacial score (nSPS) is 23.3. The van der Waals surface area contributed by atoms with Crippen molar-refractivity contribution in [3.05, 3.63) is 23.0 Å². The molecular formula is C13H17ClN2O2. The summed E-state index contributed by atoms with van der Waals surface area (Å²) < 4.78 is 5.38. The van der Waals surface area contributed by atoms with E-state index in [-0.39, 0.29) is 5.91 Å². The minimum Gasteiger partial charge on any atom is -0.381 e. The second-order valence-corrected chi connectivity index (χ2v) is 5.59. The van der Waals surface area contributed by atoms with E-state index in [1.54, 1.807) is 12.3 Å². The van der Waals surface area contributed by atoms with Gasteiger partial charge in [-0.15, -0.1) is 0 Å². The zero-order valence-corrected chi connectivity index (χ0v) is 10.9. The quantitative estimate of drug-likeness (QED) is 0.911. The molecule has 98 valence electrons. The van der Waals surface area contributed by atoms with E-state index in [4.69, 9.17) is 16.3 Å². The number of carbonyl (C=O) groups is 1. The van der Waals surface area contributed by atoms with Crippen molar-refractivity contribution in [1.29, 1.82) is 0 Å². The number of ether oxygens (including phenoxy) is 1. The van der Waals surface area contributed by atoms with Gasteiger partial charge in [-0.1, -0.05) is 11.6 Å². The fourth-order valence-corrected chi connectivity index (χ4v) is 2.60. The molecule has 5 heteroatoms. The lowest BCUT2D eigenvalue weighted by Gasteiger charge is -2.24. The smallest absolute Gasteiger partial charge is 0.270 e. The average Bonchev–Trinajstić information content (AvgIpc) is 2.88. The largest absolute Gasteiger partial charge is 0.381 e. The summed E-state index contributed by atoms with van der Waals surface area (Å²) in [7, 11) is 0. The summed E-state index contributed by atoms with van der Waals surface area (Å²) in [6.07, 6.45) is 4.95. The topological polar surface area (TPSA) is 45.3 Å². The number of hydrogen-bond acceptors (Lipinski definition) is 2. The average molecular weight is 269 g/mol. The molecular weight excluding hydrogens is 252 g/mol. The molecule has 4 nitrogen and oxygen atoms in total. The molecule has 1 saturated heterocycles. The summed E-state index contributed by atoms with van der Waals surface area (Å²) in [5, 5.41) is 0.582. The van der Waals surface area contributed by atoms with Gasteiger partial charge in [-0.3, -0.25) is 4.79 Å². The Morgan fingerprint density at radius 3 is 2.89 bits per heavy atom. The van der Waals surface area contributed by atoms with E-state index in [9.17, 15) is 4.79 Å². The minimum atomic E-state index is 0.0660. The molecule has 2 heterocycles. The Morgan fingerprint density at radius 1 is 1.50 bits per heavy atom. The van der Waals surface area contributed by atoms with Gasteiger partial charge in [0.05, 0.1) is 11.6 Å². The molecule has 0 bridgehead atoms. The maximum Gasteiger partial charge on any atom is 0.270 e. The lowest BCUT2D eigenvalue weighted by molar-refractivity contribution is 0.0701. The van der Waals surface area contributed by atoms with Gasteiger partial charge in [0.25, 0.3) is 5.91 Å². The van der Waals surface area contributed by atoms with Gasteiger partial charge >= 0.3 is 0 Å². The Kier molecular flexibility index (Phi) is 3.31. The van der Waals surface area contributed by atoms with Gasteiger partial charge in [0.2, 0.25) is 0 Å². The molecule has 1 aliphatic carbocycles. The molecule has 3 rings (SSSR count). The summed E-state index contributed by atoms with van der Waals surface area (Å²) in [5.74, 6) is 0.552. The predicted molar refractivity (Wildman–Crippen MR) is 68.8 cm³/mol. The third-order valence-corrected chi connectivity index (χ3v) is 3.82. The number of carbonyl (C=O) groups excluding carboxylic acids is 1. The molecule has 2 aliphatic rings. The summed E-state index contributed by atoms with van der Waals surface area (Å²) in [6, 6.07) is 2.12. The van der Waals surface area contributed by atoms with Crippen molar-refractivity contribution in [1.82, 2.24) is 9.88 Å². The molecule has 1 aromatic heterocycles. The van der Waals surface area contributed by atoms with Gasteiger partial charge in [0.1, 0.15) is 5.69 Å². The van der Waals surface area contributed by atoms with Gasteiger partial charge in [-0.05, 0) is 25.3 Å². The van der Waals surface area contributed by atoms with Crippen LogP contribution < -0.4 is 0 Å². The van der Waals surface area contributed by atoms with Crippen molar-refractivity contribution in [2.45, 2.75) is 25.3 Å². The SMILES string of the molecule is O=C(c1cc(Cl)c[nH]1)N(CC1CCOC1)C1CC1. The van der Waals surface area contributed by atoms with E-state index in [0.717, 1.165) is 39.0 Å². The Hall–Kier alpha value is -1.00. The van der Waals surface area contributed by atoms with Crippen LogP contribution in [0.1, 0.15) is 29.8 Å². The monoisotopic (exact) mass is 268 g/mol. The van der Waals surface area contributed by atoms with E-state index in [2.05, 4.69) is 4.98 Å². The summed E-state index contributed by atoms with van der Waals surface area (Å²) in [4.78, 5) is 17.3. The van der Waals surface area contributed by atoms with Crippen molar-refractivity contribution in [3.63, 3.8) is 0 Å². The van der Waals surface area contributed by atoms with Crippen LogP contribution in [0.25, 0.3) is 0 Å². The number of halogens is 1. The van der Waals surface area contributed by atoms with Gasteiger partial charge in [-0.2, -0.15) is 0 Å². The highest BCUT2D eigenvalue weighted by atomic mass is 35.5. The summed E-state index contributed by atoms with van der Waals surface area (Å²) >= 11 is 5.85. The molecule has 1 saturated carbocycles. The molecule has 1 aliphatic heterocycles. The van der Waals surface area contributed by atoms with Crippen LogP contribution in [-0.4, -0.2) is 41.6 Å². The first-order valence-corrected chi connectivity index (χ1v) is 6.84. The zero-order chi connectivity index (χ0) is 12.5. The Balaban J connectivity index is 1.70. The van der Waals surface area contributed by atoms with Crippen molar-refractivity contribution in [3.8, 4) is 0 Å². The Labute approximate surface area is 111 Å². The molecule has 1 N–H and O–H groups in total. The molecule has 2 fully saturated rings. The number of hydrogen-bond donors (Lipinski definition) is 1. The van der Waals surface area contributed by atoms with Crippen LogP contribution in [0.4, 0.5) is 0 Å². The van der Waals surface area contributed by atoms with E-state index in [1.807, 2.05) is 4.90 Å². The lowest BCUT2D eigenvalue weighted by atomic mass is 10.1. The summed E-state index contributed by atoms with van der Waals surface area (Å²) in [5.41, 5.74) is 0.589. The van der Waals surface area contributed by atoms with Crippen LogP contribution >= 0.6 is 11.6 Å². The first-order valence-electron chi connectivity index (χ1n) is 6.46. The molecule has 1 atom stereocenters. The third-order valence-electron chi connectivity index (χ3n) is 3.61. The van der Waals surface area contributed by atoms with Crippen molar-refractivity contribution >= 4 is 17.5 Å². The van der Waals surface area contributed by atoms with Crippen molar-refractivity contribution < 1.29 is 9.53 Å². The van der Waals surface area contributed by atoms with Gasteiger partial charge < -0.3 is 14.6 Å². The second-order valence-electron chi connectivity index (χ2n) is 5.15. The molecule has 18 heavy (non-hydrogen) atoms. The van der Waals surface area contributed by atoms with Crippen LogP contribution in [-0.2, 0) is 4.74 Å². The molecule has 0 spiro atoms. The third kappa shape index (κ3) is 2.54. The van der Waals surface area contributed by atoms with Crippen molar-refractivity contribution in [2.75, 3.05) is 19.8 Å². The highest BCUT2D eigenvalue weighted by molar-refractivity contribution is 6.30. The van der Waals surface area contributed by atoms with Crippen LogP contribution in [0, 0.1) is 5.92 Å². The fourth-order valence-electron chi connectivity index (χ4n) is 2.44. The number of amides is 1. The lowest BCUT2D eigenvalue weighted by Crippen LogP contribution is -2.37. The molecule has 0 aromatic carbocycles. The zero-order valence-electron chi connectivity index (χ0n) is 10.2. The summed E-state index contributed by atoms with van der Waals surface area (Å²) in [6.45, 7) is 2.41. The standard InChI is InChI=1S/C13H17ClN2O2/c14-10-5-12(15-6-10)13(17)16(11-1-2-11)7-9-3-4-18-8-9/h5-6,9,11,15H,1-4,7-8H2. The first kappa shape index (κ1) is 12.1. The van der Waals surface area contributed by atoms with E-state index >= 15 is 0 Å². The van der Waals surface area contributed by atoms with Gasteiger partial charge in [0, 0.05) is 31.3 Å². The number of rotatable bonds is 4. The maximum absolute atomic E-state index is 12.4. The number of aromatic nitrogens is 1. The number of nitrogens with one attached hydrogen (secondary N) is 1. The maximum atomic E-state index is 12.4. The highest BCUT2D eigenvalue weighted by Gasteiger charge is 2.35. The molecule has 1 aromatic rings. The van der Waals surface area contributed by atoms with Crippen LogP contribution in [0.2, 0.25) is 5.02 Å². The minimum absolute atomic E-state index is 0.0660. The highest BCUT2D eigenvalue weighted by Crippen LogP contribution is 2.30. The molecule has 1 unspecified atom stereocenters. The van der Waals surface area contributed by atoms with Crippen molar-refractivity contribution in [2.24, 2.45) is 5.92 Å². The van der Waals surface area contributed by atoms with E-state index in [1.165, 1.54) is 0 Å². The Bertz CT molecular complexity index is 436. The number of H-pyrrole nitrogens is 1. The van der Waals surface area contributed by atoms with Gasteiger partial charge in [0.15, 0.2) is 0 Å². The molecule has 0 radical (unpaired) electrons. The molecule has 1 amide bonds. The number of nitrogens with zero attached hydrogens (tertiary/aromatic N) is 1. The number of aromatic amines is 1. The van der Waals surface area contributed by atoms with E-state index < -0.39 is 0 Å². The van der Waals surface area contributed by atoms with Crippen LogP contribution in [0.3, 0.4) is 0 Å². The van der Waals surface area contributed by atoms with Crippen LogP contribution in [0.15, 0.2) is 12.3 Å².